The van der Waals surface area contributed by atoms with Gasteiger partial charge < -0.3 is 23.7 Å². The van der Waals surface area contributed by atoms with Crippen LogP contribution in [0.25, 0.3) is 0 Å². The van der Waals surface area contributed by atoms with Gasteiger partial charge in [0.1, 0.15) is 24.4 Å². The third kappa shape index (κ3) is 9.53. The second-order valence-electron chi connectivity index (χ2n) is 7.88. The summed E-state index contributed by atoms with van der Waals surface area (Å²) in [7, 11) is 0. The quantitative estimate of drug-likeness (QED) is 0.315. The Balaban J connectivity index is 2.84. The molecule has 5 atom stereocenters. The van der Waals surface area contributed by atoms with E-state index < -0.39 is 0 Å². The fraction of sp³-hybridized carbons (Fsp3) is 1.00. The monoisotopic (exact) mass is 402 g/mol. The molecule has 5 unspecified atom stereocenters. The zero-order valence-corrected chi connectivity index (χ0v) is 19.1. The van der Waals surface area contributed by atoms with Crippen molar-refractivity contribution in [3.05, 3.63) is 0 Å². The van der Waals surface area contributed by atoms with Crippen LogP contribution in [0.4, 0.5) is 0 Å². The van der Waals surface area contributed by atoms with Crippen LogP contribution in [0.5, 0.6) is 0 Å². The molecule has 28 heavy (non-hydrogen) atoms. The summed E-state index contributed by atoms with van der Waals surface area (Å²) in [5, 5.41) is 0. The molecular formula is C23H46O5. The summed E-state index contributed by atoms with van der Waals surface area (Å²) in [4.78, 5) is 0. The first kappa shape index (κ1) is 25.8. The van der Waals surface area contributed by atoms with Crippen molar-refractivity contribution in [3.63, 3.8) is 0 Å². The Labute approximate surface area is 173 Å². The molecule has 0 N–H and O–H groups in total. The molecule has 1 heterocycles. The minimum Gasteiger partial charge on any atom is -0.379 e. The zero-order chi connectivity index (χ0) is 20.6. The molecule has 1 saturated heterocycles. The average molecular weight is 403 g/mol. The van der Waals surface area contributed by atoms with Gasteiger partial charge in [0.15, 0.2) is 0 Å². The number of hydrogen-bond donors (Lipinski definition) is 0. The lowest BCUT2D eigenvalue weighted by molar-refractivity contribution is -0.262. The molecule has 0 aromatic heterocycles. The van der Waals surface area contributed by atoms with Gasteiger partial charge in [-0.3, -0.25) is 0 Å². The van der Waals surface area contributed by atoms with E-state index in [2.05, 4.69) is 34.6 Å². The maximum atomic E-state index is 6.35. The van der Waals surface area contributed by atoms with Gasteiger partial charge in [0.2, 0.25) is 0 Å². The molecule has 0 spiro atoms. The SMILES string of the molecule is CCCCOCC1OC(C)C(OCCCC)C(OCCCC)C1OCCCC. The van der Waals surface area contributed by atoms with E-state index >= 15 is 0 Å². The first-order valence-corrected chi connectivity index (χ1v) is 11.8. The standard InChI is InChI=1S/C23H46O5/c1-6-10-14-24-18-20-22(26-16-12-8-3)23(27-17-13-9-4)21(19(5)28-20)25-15-11-7-2/h19-23H,6-18H2,1-5H3. The minimum absolute atomic E-state index is 0.0331. The Kier molecular flexibility index (Phi) is 15.3. The molecule has 0 amide bonds. The molecule has 5 heteroatoms. The highest BCUT2D eigenvalue weighted by atomic mass is 16.6. The van der Waals surface area contributed by atoms with Crippen LogP contribution >= 0.6 is 0 Å². The van der Waals surface area contributed by atoms with Crippen LogP contribution in [-0.4, -0.2) is 63.6 Å². The van der Waals surface area contributed by atoms with E-state index in [1.165, 1.54) is 0 Å². The van der Waals surface area contributed by atoms with Gasteiger partial charge in [-0.1, -0.05) is 53.4 Å². The molecule has 0 aromatic rings. The molecule has 1 aliphatic rings. The van der Waals surface area contributed by atoms with E-state index in [0.29, 0.717) is 6.61 Å². The number of rotatable bonds is 17. The lowest BCUT2D eigenvalue weighted by Gasteiger charge is -2.45. The van der Waals surface area contributed by atoms with E-state index in [4.69, 9.17) is 23.7 Å². The fourth-order valence-corrected chi connectivity index (χ4v) is 3.39. The Bertz CT molecular complexity index is 352. The molecule has 0 radical (unpaired) electrons. The van der Waals surface area contributed by atoms with E-state index in [1.807, 2.05) is 0 Å². The second kappa shape index (κ2) is 16.6. The largest absolute Gasteiger partial charge is 0.379 e. The summed E-state index contributed by atoms with van der Waals surface area (Å²) >= 11 is 0. The first-order chi connectivity index (χ1) is 13.7. The van der Waals surface area contributed by atoms with Crippen LogP contribution in [0.1, 0.15) is 86.0 Å². The van der Waals surface area contributed by atoms with Crippen molar-refractivity contribution in [2.75, 3.05) is 33.0 Å². The van der Waals surface area contributed by atoms with Gasteiger partial charge in [0, 0.05) is 26.4 Å². The van der Waals surface area contributed by atoms with Crippen LogP contribution in [0.3, 0.4) is 0 Å². The summed E-state index contributed by atoms with van der Waals surface area (Å²) in [6.45, 7) is 14.3. The van der Waals surface area contributed by atoms with Crippen molar-refractivity contribution in [2.45, 2.75) is 117 Å². The minimum atomic E-state index is -0.146. The highest BCUT2D eigenvalue weighted by Crippen LogP contribution is 2.29. The summed E-state index contributed by atoms with van der Waals surface area (Å²) in [5.41, 5.74) is 0. The average Bonchev–Trinajstić information content (AvgIpc) is 2.69. The van der Waals surface area contributed by atoms with Gasteiger partial charge in [0.25, 0.3) is 0 Å². The summed E-state index contributed by atoms with van der Waals surface area (Å²) in [6.07, 6.45) is 8.20. The van der Waals surface area contributed by atoms with Gasteiger partial charge in [0.05, 0.1) is 12.7 Å². The molecule has 5 nitrogen and oxygen atoms in total. The van der Waals surface area contributed by atoms with Crippen LogP contribution < -0.4 is 0 Å². The van der Waals surface area contributed by atoms with Gasteiger partial charge in [-0.15, -0.1) is 0 Å². The summed E-state index contributed by atoms with van der Waals surface area (Å²) in [5.74, 6) is 0. The molecule has 0 aliphatic carbocycles. The number of unbranched alkanes of at least 4 members (excludes halogenated alkanes) is 4. The molecule has 168 valence electrons. The highest BCUT2D eigenvalue weighted by Gasteiger charge is 2.46. The van der Waals surface area contributed by atoms with E-state index in [1.54, 1.807) is 0 Å². The molecular weight excluding hydrogens is 356 g/mol. The highest BCUT2D eigenvalue weighted by molar-refractivity contribution is 4.94. The number of ether oxygens (including phenoxy) is 5. The molecule has 0 saturated carbocycles. The topological polar surface area (TPSA) is 46.2 Å². The van der Waals surface area contributed by atoms with E-state index in [0.717, 1.165) is 77.8 Å². The van der Waals surface area contributed by atoms with Gasteiger partial charge in [-0.25, -0.2) is 0 Å². The third-order valence-corrected chi connectivity index (χ3v) is 5.22. The van der Waals surface area contributed by atoms with E-state index in [-0.39, 0.29) is 30.5 Å². The fourth-order valence-electron chi connectivity index (χ4n) is 3.39. The molecule has 1 fully saturated rings. The maximum absolute atomic E-state index is 6.35. The smallest absolute Gasteiger partial charge is 0.115 e. The van der Waals surface area contributed by atoms with Crippen LogP contribution in [0.15, 0.2) is 0 Å². The Morgan fingerprint density at radius 2 is 1.07 bits per heavy atom. The van der Waals surface area contributed by atoms with Crippen LogP contribution in [0, 0.1) is 0 Å². The van der Waals surface area contributed by atoms with Crippen LogP contribution in [0.2, 0.25) is 0 Å². The van der Waals surface area contributed by atoms with Crippen molar-refractivity contribution in [3.8, 4) is 0 Å². The van der Waals surface area contributed by atoms with Crippen molar-refractivity contribution in [2.24, 2.45) is 0 Å². The van der Waals surface area contributed by atoms with Gasteiger partial charge in [-0.2, -0.15) is 0 Å². The lowest BCUT2D eigenvalue weighted by Crippen LogP contribution is -2.60. The number of hydrogen-bond acceptors (Lipinski definition) is 5. The normalized spacial score (nSPS) is 28.0. The second-order valence-corrected chi connectivity index (χ2v) is 7.88. The summed E-state index contributed by atoms with van der Waals surface area (Å²) in [6, 6.07) is 0. The Morgan fingerprint density at radius 1 is 0.607 bits per heavy atom. The predicted octanol–water partition coefficient (Wildman–Crippen LogP) is 5.15. The van der Waals surface area contributed by atoms with E-state index in [9.17, 15) is 0 Å². The first-order valence-electron chi connectivity index (χ1n) is 11.8. The maximum Gasteiger partial charge on any atom is 0.115 e. The van der Waals surface area contributed by atoms with Gasteiger partial charge >= 0.3 is 0 Å². The van der Waals surface area contributed by atoms with Crippen molar-refractivity contribution >= 4 is 0 Å². The molecule has 0 bridgehead atoms. The predicted molar refractivity (Wildman–Crippen MR) is 114 cm³/mol. The molecule has 1 rings (SSSR count). The van der Waals surface area contributed by atoms with Crippen molar-refractivity contribution in [1.82, 2.24) is 0 Å². The zero-order valence-electron chi connectivity index (χ0n) is 19.1. The lowest BCUT2D eigenvalue weighted by atomic mass is 9.95. The Hall–Kier alpha value is -0.200. The Morgan fingerprint density at radius 3 is 1.61 bits per heavy atom. The van der Waals surface area contributed by atoms with Crippen molar-refractivity contribution < 1.29 is 23.7 Å². The third-order valence-electron chi connectivity index (χ3n) is 5.22. The van der Waals surface area contributed by atoms with Gasteiger partial charge in [-0.05, 0) is 32.6 Å². The summed E-state index contributed by atoms with van der Waals surface area (Å²) < 4.78 is 31.1. The molecule has 0 aromatic carbocycles. The van der Waals surface area contributed by atoms with Crippen molar-refractivity contribution in [1.29, 1.82) is 0 Å². The van der Waals surface area contributed by atoms with Crippen LogP contribution in [-0.2, 0) is 23.7 Å². The molecule has 1 aliphatic heterocycles.